The SMILES string of the molecule is COC(=O)C(O)Cc1ccc2c(c1)OC(F)(F)O2. The third kappa shape index (κ3) is 2.51. The lowest BCUT2D eigenvalue weighted by Gasteiger charge is -2.08. The van der Waals surface area contributed by atoms with Gasteiger partial charge in [-0.3, -0.25) is 0 Å². The molecule has 1 unspecified atom stereocenters. The second kappa shape index (κ2) is 4.41. The number of methoxy groups -OCH3 is 1. The van der Waals surface area contributed by atoms with E-state index < -0.39 is 18.4 Å². The summed E-state index contributed by atoms with van der Waals surface area (Å²) in [6, 6.07) is 4.02. The molecule has 1 heterocycles. The molecule has 7 heteroatoms. The number of benzene rings is 1. The third-order valence-corrected chi connectivity index (χ3v) is 2.37. The number of aliphatic hydroxyl groups is 1. The Morgan fingerprint density at radius 1 is 1.44 bits per heavy atom. The number of esters is 1. The van der Waals surface area contributed by atoms with Gasteiger partial charge in [0, 0.05) is 6.42 Å². The zero-order valence-electron chi connectivity index (χ0n) is 9.35. The van der Waals surface area contributed by atoms with Crippen molar-refractivity contribution < 1.29 is 32.9 Å². The standard InChI is InChI=1S/C11H10F2O5/c1-16-10(15)7(14)4-6-2-3-8-9(5-6)18-11(12,13)17-8/h2-3,5,7,14H,4H2,1H3. The zero-order chi connectivity index (χ0) is 13.3. The largest absolute Gasteiger partial charge is 0.586 e. The molecular formula is C11H10F2O5. The van der Waals surface area contributed by atoms with Crippen LogP contribution in [0.2, 0.25) is 0 Å². The van der Waals surface area contributed by atoms with Crippen LogP contribution in [0.5, 0.6) is 11.5 Å². The number of hydrogen-bond donors (Lipinski definition) is 1. The fourth-order valence-electron chi connectivity index (χ4n) is 1.56. The summed E-state index contributed by atoms with van der Waals surface area (Å²) in [5, 5.41) is 9.43. The Bertz CT molecular complexity index is 475. The molecule has 18 heavy (non-hydrogen) atoms. The van der Waals surface area contributed by atoms with Crippen LogP contribution in [0.4, 0.5) is 8.78 Å². The third-order valence-electron chi connectivity index (χ3n) is 2.37. The fourth-order valence-corrected chi connectivity index (χ4v) is 1.56. The van der Waals surface area contributed by atoms with Crippen molar-refractivity contribution in [3.8, 4) is 11.5 Å². The lowest BCUT2D eigenvalue weighted by atomic mass is 10.1. The van der Waals surface area contributed by atoms with E-state index in [-0.39, 0.29) is 17.9 Å². The predicted octanol–water partition coefficient (Wildman–Crippen LogP) is 1.08. The van der Waals surface area contributed by atoms with Gasteiger partial charge in [0.25, 0.3) is 0 Å². The lowest BCUT2D eigenvalue weighted by Crippen LogP contribution is -2.26. The normalized spacial score (nSPS) is 17.3. The first-order valence-corrected chi connectivity index (χ1v) is 5.06. The highest BCUT2D eigenvalue weighted by Gasteiger charge is 2.43. The van der Waals surface area contributed by atoms with Crippen molar-refractivity contribution >= 4 is 5.97 Å². The molecule has 0 fully saturated rings. The summed E-state index contributed by atoms with van der Waals surface area (Å²) in [7, 11) is 1.14. The number of ether oxygens (including phenoxy) is 3. The van der Waals surface area contributed by atoms with Crippen molar-refractivity contribution in [2.45, 2.75) is 18.8 Å². The van der Waals surface area contributed by atoms with Gasteiger partial charge in [-0.05, 0) is 17.7 Å². The van der Waals surface area contributed by atoms with Crippen molar-refractivity contribution in [2.24, 2.45) is 0 Å². The van der Waals surface area contributed by atoms with Crippen LogP contribution in [0.3, 0.4) is 0 Å². The Morgan fingerprint density at radius 3 is 2.78 bits per heavy atom. The van der Waals surface area contributed by atoms with Gasteiger partial charge in [0.1, 0.15) is 0 Å². The van der Waals surface area contributed by atoms with E-state index in [1.165, 1.54) is 18.2 Å². The molecule has 0 saturated heterocycles. The lowest BCUT2D eigenvalue weighted by molar-refractivity contribution is -0.286. The van der Waals surface area contributed by atoms with Crippen LogP contribution in [0, 0.1) is 0 Å². The monoisotopic (exact) mass is 260 g/mol. The zero-order valence-corrected chi connectivity index (χ0v) is 9.35. The highest BCUT2D eigenvalue weighted by atomic mass is 19.3. The molecule has 2 rings (SSSR count). The molecule has 1 aliphatic heterocycles. The van der Waals surface area contributed by atoms with Crippen LogP contribution in [0.25, 0.3) is 0 Å². The molecule has 1 aliphatic rings. The first-order valence-electron chi connectivity index (χ1n) is 5.06. The molecule has 1 aromatic rings. The highest BCUT2D eigenvalue weighted by molar-refractivity contribution is 5.74. The highest BCUT2D eigenvalue weighted by Crippen LogP contribution is 2.41. The van der Waals surface area contributed by atoms with Gasteiger partial charge in [-0.2, -0.15) is 0 Å². The van der Waals surface area contributed by atoms with Gasteiger partial charge in [0.2, 0.25) is 0 Å². The summed E-state index contributed by atoms with van der Waals surface area (Å²) in [5.41, 5.74) is 0.452. The Morgan fingerprint density at radius 2 is 2.11 bits per heavy atom. The van der Waals surface area contributed by atoms with E-state index in [4.69, 9.17) is 0 Å². The topological polar surface area (TPSA) is 65.0 Å². The van der Waals surface area contributed by atoms with Crippen LogP contribution < -0.4 is 9.47 Å². The Kier molecular flexibility index (Phi) is 3.08. The molecular weight excluding hydrogens is 250 g/mol. The Hall–Kier alpha value is -1.89. The number of aliphatic hydroxyl groups excluding tert-OH is 1. The minimum absolute atomic E-state index is 0.0606. The minimum Gasteiger partial charge on any atom is -0.467 e. The van der Waals surface area contributed by atoms with E-state index in [9.17, 15) is 18.7 Å². The predicted molar refractivity (Wildman–Crippen MR) is 54.4 cm³/mol. The summed E-state index contributed by atoms with van der Waals surface area (Å²) in [5.74, 6) is -1.01. The molecule has 0 radical (unpaired) electrons. The van der Waals surface area contributed by atoms with Crippen LogP contribution in [0.15, 0.2) is 18.2 Å². The van der Waals surface area contributed by atoms with Crippen molar-refractivity contribution in [3.05, 3.63) is 23.8 Å². The summed E-state index contributed by atoms with van der Waals surface area (Å²) in [6.07, 6.45) is -5.09. The summed E-state index contributed by atoms with van der Waals surface area (Å²) < 4.78 is 38.3. The van der Waals surface area contributed by atoms with Gasteiger partial charge in [0.15, 0.2) is 17.6 Å². The number of carbonyl (C=O) groups excluding carboxylic acids is 1. The molecule has 98 valence electrons. The van der Waals surface area contributed by atoms with Gasteiger partial charge in [-0.1, -0.05) is 6.07 Å². The molecule has 0 aromatic heterocycles. The van der Waals surface area contributed by atoms with Crippen LogP contribution in [0.1, 0.15) is 5.56 Å². The molecule has 0 bridgehead atoms. The Labute approximate surface area is 101 Å². The molecule has 0 spiro atoms. The van der Waals surface area contributed by atoms with E-state index in [2.05, 4.69) is 14.2 Å². The van der Waals surface area contributed by atoms with Gasteiger partial charge < -0.3 is 19.3 Å². The van der Waals surface area contributed by atoms with Crippen molar-refractivity contribution in [2.75, 3.05) is 7.11 Å². The summed E-state index contributed by atoms with van der Waals surface area (Å²) >= 11 is 0. The molecule has 1 N–H and O–H groups in total. The average molecular weight is 260 g/mol. The van der Waals surface area contributed by atoms with E-state index >= 15 is 0 Å². The number of rotatable bonds is 3. The van der Waals surface area contributed by atoms with E-state index in [0.29, 0.717) is 5.56 Å². The van der Waals surface area contributed by atoms with Crippen LogP contribution in [-0.4, -0.2) is 30.6 Å². The van der Waals surface area contributed by atoms with Gasteiger partial charge in [0.05, 0.1) is 7.11 Å². The van der Waals surface area contributed by atoms with Crippen LogP contribution in [-0.2, 0) is 16.0 Å². The fraction of sp³-hybridized carbons (Fsp3) is 0.364. The molecule has 1 aromatic carbocycles. The quantitative estimate of drug-likeness (QED) is 0.824. The smallest absolute Gasteiger partial charge is 0.467 e. The van der Waals surface area contributed by atoms with E-state index in [1.54, 1.807) is 0 Å². The number of alkyl halides is 2. The maximum atomic E-state index is 12.7. The maximum Gasteiger partial charge on any atom is 0.586 e. The Balaban J connectivity index is 2.12. The molecule has 0 amide bonds. The number of halogens is 2. The van der Waals surface area contributed by atoms with E-state index in [0.717, 1.165) is 7.11 Å². The second-order valence-corrected chi connectivity index (χ2v) is 3.69. The first-order chi connectivity index (χ1) is 8.41. The minimum atomic E-state index is -3.68. The maximum absolute atomic E-state index is 12.7. The average Bonchev–Trinajstić information content (AvgIpc) is 2.61. The molecule has 1 atom stereocenters. The van der Waals surface area contributed by atoms with Gasteiger partial charge in [-0.25, -0.2) is 4.79 Å². The van der Waals surface area contributed by atoms with Crippen molar-refractivity contribution in [1.29, 1.82) is 0 Å². The van der Waals surface area contributed by atoms with Gasteiger partial charge in [-0.15, -0.1) is 8.78 Å². The number of hydrogen-bond acceptors (Lipinski definition) is 5. The van der Waals surface area contributed by atoms with Crippen LogP contribution >= 0.6 is 0 Å². The van der Waals surface area contributed by atoms with Crippen molar-refractivity contribution in [3.63, 3.8) is 0 Å². The molecule has 5 nitrogen and oxygen atoms in total. The number of fused-ring (bicyclic) bond motifs is 1. The first kappa shape index (κ1) is 12.6. The van der Waals surface area contributed by atoms with Crippen molar-refractivity contribution in [1.82, 2.24) is 0 Å². The van der Waals surface area contributed by atoms with E-state index in [1.807, 2.05) is 0 Å². The summed E-state index contributed by atoms with van der Waals surface area (Å²) in [4.78, 5) is 11.0. The second-order valence-electron chi connectivity index (χ2n) is 3.69. The molecule has 0 saturated carbocycles. The van der Waals surface area contributed by atoms with Gasteiger partial charge >= 0.3 is 12.3 Å². The number of carbonyl (C=O) groups is 1. The molecule has 0 aliphatic carbocycles. The summed E-state index contributed by atoms with van der Waals surface area (Å²) in [6.45, 7) is 0.